The maximum Gasteiger partial charge on any atom is 0.191 e. The van der Waals surface area contributed by atoms with Gasteiger partial charge in [0, 0.05) is 25.7 Å². The van der Waals surface area contributed by atoms with Gasteiger partial charge in [0.25, 0.3) is 0 Å². The zero-order chi connectivity index (χ0) is 21.7. The van der Waals surface area contributed by atoms with E-state index in [1.807, 2.05) is 18.2 Å². The molecule has 1 saturated heterocycles. The molecule has 0 saturated carbocycles. The molecule has 1 aliphatic rings. The van der Waals surface area contributed by atoms with Crippen LogP contribution in [0.3, 0.4) is 0 Å². The molecule has 0 radical (unpaired) electrons. The average molecular weight is 551 g/mol. The molecule has 0 aromatic heterocycles. The molecule has 32 heavy (non-hydrogen) atoms. The van der Waals surface area contributed by atoms with Crippen LogP contribution in [-0.2, 0) is 24.5 Å². The van der Waals surface area contributed by atoms with Crippen molar-refractivity contribution >= 4 is 29.9 Å². The van der Waals surface area contributed by atoms with E-state index in [1.54, 1.807) is 0 Å². The molecule has 1 heterocycles. The molecule has 0 atom stereocenters. The Morgan fingerprint density at radius 2 is 1.66 bits per heavy atom. The standard InChI is InChI=1S/C26H38N4O.HI/c1-3-16-30-17-14-25(15-18-30)29-26(27-4-2)28-19-23-12-8-9-13-24(23)21-31-20-22-10-6-5-7-11-22;/h5-13,25H,3-4,14-21H2,1-2H3,(H2,27,28,29);1H. The van der Waals surface area contributed by atoms with Crippen molar-refractivity contribution in [3.8, 4) is 0 Å². The summed E-state index contributed by atoms with van der Waals surface area (Å²) in [6.07, 6.45) is 3.58. The summed E-state index contributed by atoms with van der Waals surface area (Å²) in [6, 6.07) is 19.2. The SMILES string of the molecule is CCCN1CCC(NC(=NCc2ccccc2COCc2ccccc2)NCC)CC1.I. The van der Waals surface area contributed by atoms with Crippen molar-refractivity contribution in [2.24, 2.45) is 4.99 Å². The molecule has 1 fully saturated rings. The molecule has 0 unspecified atom stereocenters. The summed E-state index contributed by atoms with van der Waals surface area (Å²) < 4.78 is 5.97. The highest BCUT2D eigenvalue weighted by Gasteiger charge is 2.19. The molecular weight excluding hydrogens is 511 g/mol. The minimum absolute atomic E-state index is 0. The van der Waals surface area contributed by atoms with Gasteiger partial charge in [-0.2, -0.15) is 0 Å². The van der Waals surface area contributed by atoms with Gasteiger partial charge < -0.3 is 20.3 Å². The predicted molar refractivity (Wildman–Crippen MR) is 144 cm³/mol. The normalized spacial score (nSPS) is 15.2. The lowest BCUT2D eigenvalue weighted by atomic mass is 10.1. The third-order valence-electron chi connectivity index (χ3n) is 5.71. The summed E-state index contributed by atoms with van der Waals surface area (Å²) >= 11 is 0. The maximum absolute atomic E-state index is 5.97. The Bertz CT molecular complexity index is 791. The first-order valence-electron chi connectivity index (χ1n) is 11.7. The highest BCUT2D eigenvalue weighted by molar-refractivity contribution is 14.0. The van der Waals surface area contributed by atoms with Crippen molar-refractivity contribution in [2.45, 2.75) is 58.9 Å². The first-order chi connectivity index (χ1) is 15.3. The Morgan fingerprint density at radius 3 is 2.34 bits per heavy atom. The van der Waals surface area contributed by atoms with Crippen LogP contribution in [0.2, 0.25) is 0 Å². The second kappa shape index (κ2) is 15.2. The van der Waals surface area contributed by atoms with E-state index in [0.29, 0.717) is 25.8 Å². The Labute approximate surface area is 211 Å². The minimum Gasteiger partial charge on any atom is -0.372 e. The zero-order valence-electron chi connectivity index (χ0n) is 19.6. The van der Waals surface area contributed by atoms with Crippen LogP contribution < -0.4 is 10.6 Å². The van der Waals surface area contributed by atoms with Crippen LogP contribution in [0.1, 0.15) is 49.8 Å². The summed E-state index contributed by atoms with van der Waals surface area (Å²) in [6.45, 7) is 10.7. The number of piperidine rings is 1. The van der Waals surface area contributed by atoms with Crippen molar-refractivity contribution in [3.63, 3.8) is 0 Å². The van der Waals surface area contributed by atoms with E-state index in [2.05, 4.69) is 65.8 Å². The monoisotopic (exact) mass is 550 g/mol. The Hall–Kier alpha value is -1.64. The smallest absolute Gasteiger partial charge is 0.191 e. The molecule has 176 valence electrons. The number of halogens is 1. The summed E-state index contributed by atoms with van der Waals surface area (Å²) in [4.78, 5) is 7.45. The first kappa shape index (κ1) is 26.6. The number of hydrogen-bond acceptors (Lipinski definition) is 3. The number of benzene rings is 2. The van der Waals surface area contributed by atoms with Crippen LogP contribution in [0, 0.1) is 0 Å². The highest BCUT2D eigenvalue weighted by atomic mass is 127. The van der Waals surface area contributed by atoms with E-state index >= 15 is 0 Å². The van der Waals surface area contributed by atoms with Crippen molar-refractivity contribution in [1.29, 1.82) is 0 Å². The van der Waals surface area contributed by atoms with E-state index in [0.717, 1.165) is 12.5 Å². The lowest BCUT2D eigenvalue weighted by molar-refractivity contribution is 0.106. The van der Waals surface area contributed by atoms with Gasteiger partial charge in [-0.05, 0) is 49.4 Å². The van der Waals surface area contributed by atoms with Gasteiger partial charge in [0.15, 0.2) is 5.96 Å². The van der Waals surface area contributed by atoms with Gasteiger partial charge >= 0.3 is 0 Å². The van der Waals surface area contributed by atoms with E-state index in [1.165, 1.54) is 55.6 Å². The number of aliphatic imine (C=N–C) groups is 1. The fourth-order valence-corrected chi connectivity index (χ4v) is 4.00. The molecule has 2 aromatic rings. The molecule has 2 N–H and O–H groups in total. The summed E-state index contributed by atoms with van der Waals surface area (Å²) in [5.74, 6) is 0.913. The van der Waals surface area contributed by atoms with Gasteiger partial charge in [-0.1, -0.05) is 61.5 Å². The summed E-state index contributed by atoms with van der Waals surface area (Å²) in [5, 5.41) is 7.07. The van der Waals surface area contributed by atoms with Gasteiger partial charge in [-0.3, -0.25) is 0 Å². The first-order valence-corrected chi connectivity index (χ1v) is 11.7. The molecule has 0 amide bonds. The van der Waals surface area contributed by atoms with E-state index in [4.69, 9.17) is 9.73 Å². The van der Waals surface area contributed by atoms with Crippen LogP contribution in [0.15, 0.2) is 59.6 Å². The molecule has 0 bridgehead atoms. The lowest BCUT2D eigenvalue weighted by Gasteiger charge is -2.32. The van der Waals surface area contributed by atoms with Crippen molar-refractivity contribution in [2.75, 3.05) is 26.2 Å². The summed E-state index contributed by atoms with van der Waals surface area (Å²) in [5.41, 5.74) is 3.61. The minimum atomic E-state index is 0. The largest absolute Gasteiger partial charge is 0.372 e. The Kier molecular flexibility index (Phi) is 12.7. The van der Waals surface area contributed by atoms with Crippen LogP contribution in [0.5, 0.6) is 0 Å². The number of nitrogens with one attached hydrogen (secondary N) is 2. The number of ether oxygens (including phenoxy) is 1. The molecule has 2 aromatic carbocycles. The number of rotatable bonds is 10. The molecular formula is C26H39IN4O. The van der Waals surface area contributed by atoms with Crippen LogP contribution in [-0.4, -0.2) is 43.1 Å². The number of guanidine groups is 1. The summed E-state index contributed by atoms with van der Waals surface area (Å²) in [7, 11) is 0. The molecule has 3 rings (SSSR count). The number of nitrogens with zero attached hydrogens (tertiary/aromatic N) is 2. The van der Waals surface area contributed by atoms with Gasteiger partial charge in [-0.25, -0.2) is 4.99 Å². The topological polar surface area (TPSA) is 48.9 Å². The number of hydrogen-bond donors (Lipinski definition) is 2. The van der Waals surface area contributed by atoms with Crippen molar-refractivity contribution in [3.05, 3.63) is 71.3 Å². The van der Waals surface area contributed by atoms with Crippen LogP contribution in [0.25, 0.3) is 0 Å². The molecule has 0 spiro atoms. The van der Waals surface area contributed by atoms with Gasteiger partial charge in [0.05, 0.1) is 19.8 Å². The lowest BCUT2D eigenvalue weighted by Crippen LogP contribution is -2.48. The van der Waals surface area contributed by atoms with Crippen molar-refractivity contribution in [1.82, 2.24) is 15.5 Å². The second-order valence-electron chi connectivity index (χ2n) is 8.20. The molecule has 0 aliphatic carbocycles. The average Bonchev–Trinajstić information content (AvgIpc) is 2.80. The molecule has 6 heteroatoms. The highest BCUT2D eigenvalue weighted by Crippen LogP contribution is 2.14. The third kappa shape index (κ3) is 9.08. The van der Waals surface area contributed by atoms with Gasteiger partial charge in [0.2, 0.25) is 0 Å². The van der Waals surface area contributed by atoms with E-state index in [-0.39, 0.29) is 24.0 Å². The molecule has 1 aliphatic heterocycles. The van der Waals surface area contributed by atoms with Crippen LogP contribution in [0.4, 0.5) is 0 Å². The van der Waals surface area contributed by atoms with Crippen LogP contribution >= 0.6 is 24.0 Å². The van der Waals surface area contributed by atoms with E-state index < -0.39 is 0 Å². The zero-order valence-corrected chi connectivity index (χ0v) is 21.9. The fraction of sp³-hybridized carbons (Fsp3) is 0.500. The Balaban J connectivity index is 0.00000363. The maximum atomic E-state index is 5.97. The van der Waals surface area contributed by atoms with Gasteiger partial charge in [0.1, 0.15) is 0 Å². The van der Waals surface area contributed by atoms with Crippen molar-refractivity contribution < 1.29 is 4.74 Å². The van der Waals surface area contributed by atoms with Gasteiger partial charge in [-0.15, -0.1) is 24.0 Å². The number of likely N-dealkylation sites (tertiary alicyclic amines) is 1. The fourth-order valence-electron chi connectivity index (χ4n) is 4.00. The third-order valence-corrected chi connectivity index (χ3v) is 5.71. The quantitative estimate of drug-likeness (QED) is 0.250. The second-order valence-corrected chi connectivity index (χ2v) is 8.20. The van der Waals surface area contributed by atoms with E-state index in [9.17, 15) is 0 Å². The Morgan fingerprint density at radius 1 is 0.969 bits per heavy atom. The molecule has 5 nitrogen and oxygen atoms in total. The predicted octanol–water partition coefficient (Wildman–Crippen LogP) is 4.95.